The number of aliphatic hydroxyl groups is 1. The average molecular weight is 518 g/mol. The molecule has 0 spiro atoms. The van der Waals surface area contributed by atoms with E-state index in [2.05, 4.69) is 0 Å². The highest BCUT2D eigenvalue weighted by Crippen LogP contribution is 2.53. The number of ether oxygens (including phenoxy) is 2. The van der Waals surface area contributed by atoms with Crippen LogP contribution in [0.1, 0.15) is 32.8 Å². The van der Waals surface area contributed by atoms with Crippen molar-refractivity contribution in [3.05, 3.63) is 59.2 Å². The quantitative estimate of drug-likeness (QED) is 0.176. The number of aromatic hydroxyl groups is 7. The summed E-state index contributed by atoms with van der Waals surface area (Å²) in [5.41, 5.74) is 0.143. The molecule has 1 aliphatic rings. The summed E-state index contributed by atoms with van der Waals surface area (Å²) in [6, 6.07) is 7.93. The van der Waals surface area contributed by atoms with E-state index < -0.39 is 52.2 Å². The summed E-state index contributed by atoms with van der Waals surface area (Å²) in [4.78, 5) is 13.1. The molecule has 4 rings (SSSR count). The first-order valence-corrected chi connectivity index (χ1v) is 11.6. The van der Waals surface area contributed by atoms with Gasteiger partial charge in [0.2, 0.25) is 0 Å². The normalized spacial score (nSPS) is 18.8. The van der Waals surface area contributed by atoms with E-state index >= 15 is 0 Å². The largest absolute Gasteiger partial charge is 0.508 e. The first-order chi connectivity index (χ1) is 17.1. The smallest absolute Gasteiger partial charge is 0.338 e. The number of rotatable bonds is 6. The predicted molar refractivity (Wildman–Crippen MR) is 126 cm³/mol. The van der Waals surface area contributed by atoms with Crippen LogP contribution < -0.4 is 4.74 Å². The van der Waals surface area contributed by atoms with Crippen LogP contribution in [0.2, 0.25) is 0 Å². The number of aliphatic hydroxyl groups excluding tert-OH is 1. The van der Waals surface area contributed by atoms with Crippen molar-refractivity contribution >= 4 is 17.7 Å². The van der Waals surface area contributed by atoms with Gasteiger partial charge >= 0.3 is 5.97 Å². The Bertz CT molecular complexity index is 1290. The van der Waals surface area contributed by atoms with Crippen molar-refractivity contribution < 1.29 is 55.1 Å². The molecule has 0 saturated carbocycles. The summed E-state index contributed by atoms with van der Waals surface area (Å²) in [5, 5.41) is 78.1. The van der Waals surface area contributed by atoms with Crippen molar-refractivity contribution in [3.8, 4) is 46.0 Å². The van der Waals surface area contributed by atoms with E-state index in [1.54, 1.807) is 0 Å². The van der Waals surface area contributed by atoms with Gasteiger partial charge in [-0.05, 0) is 24.3 Å². The number of benzene rings is 3. The van der Waals surface area contributed by atoms with Gasteiger partial charge in [0, 0.05) is 23.4 Å². The molecule has 12 heteroatoms. The van der Waals surface area contributed by atoms with Crippen LogP contribution in [0, 0.1) is 0 Å². The van der Waals surface area contributed by atoms with Gasteiger partial charge in [0.1, 0.15) is 17.2 Å². The Morgan fingerprint density at radius 3 is 2.19 bits per heavy atom. The van der Waals surface area contributed by atoms with E-state index in [0.29, 0.717) is 0 Å². The zero-order valence-electron chi connectivity index (χ0n) is 18.4. The van der Waals surface area contributed by atoms with Crippen LogP contribution in [0.3, 0.4) is 0 Å². The van der Waals surface area contributed by atoms with Gasteiger partial charge < -0.3 is 50.3 Å². The number of fused-ring (bicyclic) bond motifs is 1. The lowest BCUT2D eigenvalue weighted by molar-refractivity contribution is -0.0203. The molecular formula is C24H22O11S. The van der Waals surface area contributed by atoms with Gasteiger partial charge in [0.25, 0.3) is 0 Å². The molecule has 36 heavy (non-hydrogen) atoms. The number of thioether (sulfide) groups is 1. The van der Waals surface area contributed by atoms with Crippen LogP contribution in [-0.4, -0.2) is 65.3 Å². The molecule has 0 amide bonds. The van der Waals surface area contributed by atoms with Gasteiger partial charge in [-0.3, -0.25) is 0 Å². The Morgan fingerprint density at radius 2 is 1.56 bits per heavy atom. The fraction of sp³-hybridized carbons (Fsp3) is 0.208. The number of carbonyl (C=O) groups excluding carboxylic acids is 1. The van der Waals surface area contributed by atoms with Gasteiger partial charge in [0.15, 0.2) is 41.0 Å². The molecule has 0 aromatic heterocycles. The van der Waals surface area contributed by atoms with E-state index in [0.717, 1.165) is 30.0 Å². The Labute approximate surface area is 208 Å². The third-order valence-corrected chi connectivity index (χ3v) is 6.79. The van der Waals surface area contributed by atoms with E-state index in [9.17, 15) is 45.6 Å². The standard InChI is InChI=1S/C24H22O11S/c25-3-4-36-23-19-15(29)8-12(26)9-18(19)34-21(10-1-2-13(27)14(28)5-10)22(23)35-24(33)11-6-16(30)20(32)17(31)7-11/h1-2,5-9,21-23,25-32H,3-4H2/t21-,22+,23+/m1/s1. The summed E-state index contributed by atoms with van der Waals surface area (Å²) in [6.45, 7) is -0.249. The molecular weight excluding hydrogens is 496 g/mol. The van der Waals surface area contributed by atoms with E-state index in [-0.39, 0.29) is 46.3 Å². The summed E-state index contributed by atoms with van der Waals surface area (Å²) < 4.78 is 11.7. The lowest BCUT2D eigenvalue weighted by atomic mass is 9.93. The Balaban J connectivity index is 1.83. The highest BCUT2D eigenvalue weighted by molar-refractivity contribution is 7.99. The molecule has 0 bridgehead atoms. The molecule has 3 atom stereocenters. The number of esters is 1. The maximum Gasteiger partial charge on any atom is 0.338 e. The molecule has 11 nitrogen and oxygen atoms in total. The minimum Gasteiger partial charge on any atom is -0.508 e. The molecule has 190 valence electrons. The molecule has 0 unspecified atom stereocenters. The Morgan fingerprint density at radius 1 is 0.861 bits per heavy atom. The van der Waals surface area contributed by atoms with E-state index in [1.165, 1.54) is 24.3 Å². The third-order valence-electron chi connectivity index (χ3n) is 5.51. The zero-order chi connectivity index (χ0) is 26.1. The van der Waals surface area contributed by atoms with Crippen molar-refractivity contribution in [1.82, 2.24) is 0 Å². The second-order valence-corrected chi connectivity index (χ2v) is 9.16. The summed E-state index contributed by atoms with van der Waals surface area (Å²) in [5.74, 6) is -4.67. The van der Waals surface area contributed by atoms with Gasteiger partial charge in [-0.1, -0.05) is 6.07 Å². The molecule has 3 aromatic carbocycles. The van der Waals surface area contributed by atoms with Crippen molar-refractivity contribution in [1.29, 1.82) is 0 Å². The maximum atomic E-state index is 13.1. The molecule has 0 aliphatic carbocycles. The lowest BCUT2D eigenvalue weighted by Gasteiger charge is -2.39. The molecule has 0 radical (unpaired) electrons. The SMILES string of the molecule is O=C(O[C@H]1[C@@H](c2ccc(O)c(O)c2)Oc2cc(O)cc(O)c2[C@@H]1SCCO)c1cc(O)c(O)c(O)c1. The van der Waals surface area contributed by atoms with Crippen molar-refractivity contribution in [2.45, 2.75) is 17.5 Å². The molecule has 1 aliphatic heterocycles. The predicted octanol–water partition coefficient (Wildman–Crippen LogP) is 2.75. The number of carbonyl (C=O) groups is 1. The molecule has 0 saturated heterocycles. The van der Waals surface area contributed by atoms with Crippen LogP contribution in [0.5, 0.6) is 46.0 Å². The fourth-order valence-electron chi connectivity index (χ4n) is 3.88. The highest BCUT2D eigenvalue weighted by Gasteiger charge is 2.44. The second kappa shape index (κ2) is 9.84. The lowest BCUT2D eigenvalue weighted by Crippen LogP contribution is -2.37. The zero-order valence-corrected chi connectivity index (χ0v) is 19.2. The molecule has 0 fully saturated rings. The van der Waals surface area contributed by atoms with E-state index in [1.807, 2.05) is 0 Å². The maximum absolute atomic E-state index is 13.1. The number of phenols is 7. The number of hydrogen-bond donors (Lipinski definition) is 8. The number of hydrogen-bond acceptors (Lipinski definition) is 12. The Hall–Kier alpha value is -4.16. The Kier molecular flexibility index (Phi) is 6.82. The summed E-state index contributed by atoms with van der Waals surface area (Å²) in [6.07, 6.45) is -2.36. The van der Waals surface area contributed by atoms with Crippen LogP contribution in [0.15, 0.2) is 42.5 Å². The minimum atomic E-state index is -1.22. The molecule has 1 heterocycles. The molecule has 8 N–H and O–H groups in total. The minimum absolute atomic E-state index is 0.0627. The van der Waals surface area contributed by atoms with Crippen LogP contribution in [0.4, 0.5) is 0 Å². The number of phenolic OH excluding ortho intramolecular Hbond substituents is 7. The first kappa shape index (κ1) is 24.9. The third kappa shape index (κ3) is 4.68. The van der Waals surface area contributed by atoms with Crippen molar-refractivity contribution in [2.24, 2.45) is 0 Å². The average Bonchev–Trinajstić information content (AvgIpc) is 2.82. The first-order valence-electron chi connectivity index (χ1n) is 10.5. The van der Waals surface area contributed by atoms with Gasteiger partial charge in [-0.2, -0.15) is 0 Å². The van der Waals surface area contributed by atoms with Gasteiger partial charge in [-0.25, -0.2) is 4.79 Å². The summed E-state index contributed by atoms with van der Waals surface area (Å²) in [7, 11) is 0. The van der Waals surface area contributed by atoms with E-state index in [4.69, 9.17) is 9.47 Å². The van der Waals surface area contributed by atoms with Crippen molar-refractivity contribution in [3.63, 3.8) is 0 Å². The van der Waals surface area contributed by atoms with Crippen LogP contribution >= 0.6 is 11.8 Å². The summed E-state index contributed by atoms with van der Waals surface area (Å²) >= 11 is 1.12. The van der Waals surface area contributed by atoms with Crippen LogP contribution in [0.25, 0.3) is 0 Å². The second-order valence-electron chi connectivity index (χ2n) is 7.91. The fourth-order valence-corrected chi connectivity index (χ4v) is 5.03. The topological polar surface area (TPSA) is 197 Å². The van der Waals surface area contributed by atoms with Crippen molar-refractivity contribution in [2.75, 3.05) is 12.4 Å². The van der Waals surface area contributed by atoms with Crippen LogP contribution in [-0.2, 0) is 4.74 Å². The van der Waals surface area contributed by atoms with Gasteiger partial charge in [0.05, 0.1) is 23.0 Å². The monoisotopic (exact) mass is 518 g/mol. The highest BCUT2D eigenvalue weighted by atomic mass is 32.2. The van der Waals surface area contributed by atoms with Gasteiger partial charge in [-0.15, -0.1) is 11.8 Å². The molecule has 3 aromatic rings.